The molecule has 0 unspecified atom stereocenters. The summed E-state index contributed by atoms with van der Waals surface area (Å²) in [4.78, 5) is 0. The maximum atomic E-state index is 12.7. The molecule has 6 heteroatoms. The molecule has 14 heavy (non-hydrogen) atoms. The van der Waals surface area contributed by atoms with Crippen molar-refractivity contribution in [1.82, 2.24) is 4.31 Å². The van der Waals surface area contributed by atoms with Crippen molar-refractivity contribution in [3.8, 4) is 0 Å². The van der Waals surface area contributed by atoms with Gasteiger partial charge in [-0.1, -0.05) is 6.07 Å². The molecule has 0 saturated heterocycles. The lowest BCUT2D eigenvalue weighted by atomic mass is 10.3. The maximum Gasteiger partial charge on any atom is 0.301 e. The third-order valence-corrected chi connectivity index (χ3v) is 3.01. The van der Waals surface area contributed by atoms with Gasteiger partial charge in [-0.3, -0.25) is 4.72 Å². The van der Waals surface area contributed by atoms with E-state index in [1.54, 1.807) is 0 Å². The number of hydrogen-bond acceptors (Lipinski definition) is 2. The lowest BCUT2D eigenvalue weighted by molar-refractivity contribution is 0.527. The summed E-state index contributed by atoms with van der Waals surface area (Å²) < 4.78 is 38.5. The molecule has 78 valence electrons. The van der Waals surface area contributed by atoms with E-state index in [1.807, 2.05) is 0 Å². The van der Waals surface area contributed by atoms with Gasteiger partial charge in [0.25, 0.3) is 0 Å². The van der Waals surface area contributed by atoms with Gasteiger partial charge in [0, 0.05) is 14.1 Å². The Morgan fingerprint density at radius 3 is 2.50 bits per heavy atom. The van der Waals surface area contributed by atoms with Gasteiger partial charge in [0.2, 0.25) is 0 Å². The van der Waals surface area contributed by atoms with Crippen LogP contribution in [0, 0.1) is 5.82 Å². The topological polar surface area (TPSA) is 49.4 Å². The molecular weight excluding hydrogens is 207 g/mol. The van der Waals surface area contributed by atoms with E-state index in [-0.39, 0.29) is 5.69 Å². The minimum absolute atomic E-state index is 0.207. The van der Waals surface area contributed by atoms with E-state index in [0.717, 1.165) is 10.4 Å². The fraction of sp³-hybridized carbons (Fsp3) is 0.250. The van der Waals surface area contributed by atoms with E-state index >= 15 is 0 Å². The fourth-order valence-electron chi connectivity index (χ4n) is 0.792. The Labute approximate surface area is 82.5 Å². The number of rotatable bonds is 3. The number of nitrogens with one attached hydrogen (secondary N) is 1. The summed E-state index contributed by atoms with van der Waals surface area (Å²) in [5.41, 5.74) is 0.207. The SMILES string of the molecule is CN(C)S(=O)(=O)Nc1cccc(F)c1. The van der Waals surface area contributed by atoms with Crippen LogP contribution in [0.15, 0.2) is 24.3 Å². The summed E-state index contributed by atoms with van der Waals surface area (Å²) in [7, 11) is -0.770. The van der Waals surface area contributed by atoms with Crippen LogP contribution in [0.3, 0.4) is 0 Å². The quantitative estimate of drug-likeness (QED) is 0.824. The second-order valence-electron chi connectivity index (χ2n) is 2.90. The van der Waals surface area contributed by atoms with Crippen LogP contribution < -0.4 is 4.72 Å². The lowest BCUT2D eigenvalue weighted by Crippen LogP contribution is -2.28. The van der Waals surface area contributed by atoms with Gasteiger partial charge in [-0.15, -0.1) is 0 Å². The molecular formula is C8H11FN2O2S. The molecule has 1 aromatic carbocycles. The normalized spacial score (nSPS) is 11.7. The first kappa shape index (κ1) is 10.9. The van der Waals surface area contributed by atoms with Gasteiger partial charge in [-0.25, -0.2) is 4.39 Å². The molecule has 0 bridgehead atoms. The van der Waals surface area contributed by atoms with Gasteiger partial charge in [-0.05, 0) is 18.2 Å². The average Bonchev–Trinajstić information content (AvgIpc) is 2.02. The van der Waals surface area contributed by atoms with Crippen LogP contribution in [0.1, 0.15) is 0 Å². The van der Waals surface area contributed by atoms with Crippen LogP contribution in [0.2, 0.25) is 0 Å². The van der Waals surface area contributed by atoms with Crippen molar-refractivity contribution in [2.45, 2.75) is 0 Å². The van der Waals surface area contributed by atoms with E-state index in [1.165, 1.54) is 32.3 Å². The summed E-state index contributed by atoms with van der Waals surface area (Å²) in [5, 5.41) is 0. The van der Waals surface area contributed by atoms with Crippen LogP contribution in [0.25, 0.3) is 0 Å². The van der Waals surface area contributed by atoms with E-state index < -0.39 is 16.0 Å². The molecule has 0 atom stereocenters. The molecule has 0 fully saturated rings. The van der Waals surface area contributed by atoms with Crippen LogP contribution in [0.5, 0.6) is 0 Å². The molecule has 0 spiro atoms. The highest BCUT2D eigenvalue weighted by atomic mass is 32.2. The maximum absolute atomic E-state index is 12.7. The summed E-state index contributed by atoms with van der Waals surface area (Å²) >= 11 is 0. The minimum atomic E-state index is -3.55. The van der Waals surface area contributed by atoms with Crippen molar-refractivity contribution in [3.63, 3.8) is 0 Å². The highest BCUT2D eigenvalue weighted by Gasteiger charge is 2.12. The molecule has 1 rings (SSSR count). The predicted molar refractivity (Wildman–Crippen MR) is 52.6 cm³/mol. The number of hydrogen-bond donors (Lipinski definition) is 1. The highest BCUT2D eigenvalue weighted by Crippen LogP contribution is 2.11. The molecule has 0 heterocycles. The van der Waals surface area contributed by atoms with Gasteiger partial charge in [0.1, 0.15) is 5.82 Å². The van der Waals surface area contributed by atoms with E-state index in [0.29, 0.717) is 0 Å². The first-order valence-electron chi connectivity index (χ1n) is 3.87. The molecule has 0 radical (unpaired) electrons. The van der Waals surface area contributed by atoms with Crippen molar-refractivity contribution in [3.05, 3.63) is 30.1 Å². The van der Waals surface area contributed by atoms with Crippen molar-refractivity contribution >= 4 is 15.9 Å². The highest BCUT2D eigenvalue weighted by molar-refractivity contribution is 7.90. The smallest absolute Gasteiger partial charge is 0.271 e. The molecule has 1 aromatic rings. The lowest BCUT2D eigenvalue weighted by Gasteiger charge is -2.12. The van der Waals surface area contributed by atoms with Crippen molar-refractivity contribution < 1.29 is 12.8 Å². The largest absolute Gasteiger partial charge is 0.301 e. The third kappa shape index (κ3) is 2.68. The van der Waals surface area contributed by atoms with Gasteiger partial charge in [-0.2, -0.15) is 12.7 Å². The molecule has 1 N–H and O–H groups in total. The molecule has 0 aromatic heterocycles. The Morgan fingerprint density at radius 1 is 1.36 bits per heavy atom. The van der Waals surface area contributed by atoms with E-state index in [2.05, 4.69) is 4.72 Å². The Bertz CT molecular complexity index is 417. The standard InChI is InChI=1S/C8H11FN2O2S/c1-11(2)14(12,13)10-8-5-3-4-7(9)6-8/h3-6,10H,1-2H3. The fourth-order valence-corrected chi connectivity index (χ4v) is 1.40. The molecule has 4 nitrogen and oxygen atoms in total. The van der Waals surface area contributed by atoms with Crippen molar-refractivity contribution in [2.75, 3.05) is 18.8 Å². The first-order valence-corrected chi connectivity index (χ1v) is 5.31. The average molecular weight is 218 g/mol. The summed E-state index contributed by atoms with van der Waals surface area (Å²) in [6.45, 7) is 0. The van der Waals surface area contributed by atoms with Crippen molar-refractivity contribution in [1.29, 1.82) is 0 Å². The van der Waals surface area contributed by atoms with Gasteiger partial charge in [0.15, 0.2) is 0 Å². The first-order chi connectivity index (χ1) is 6.42. The second-order valence-corrected chi connectivity index (χ2v) is 4.78. The van der Waals surface area contributed by atoms with Crippen LogP contribution >= 0.6 is 0 Å². The van der Waals surface area contributed by atoms with Crippen LogP contribution in [-0.4, -0.2) is 26.8 Å². The van der Waals surface area contributed by atoms with Crippen molar-refractivity contribution in [2.24, 2.45) is 0 Å². The Balaban J connectivity index is 2.90. The van der Waals surface area contributed by atoms with Crippen LogP contribution in [0.4, 0.5) is 10.1 Å². The minimum Gasteiger partial charge on any atom is -0.271 e. The summed E-state index contributed by atoms with van der Waals surface area (Å²) in [6, 6.07) is 5.27. The summed E-state index contributed by atoms with van der Waals surface area (Å²) in [6.07, 6.45) is 0. The van der Waals surface area contributed by atoms with Crippen LogP contribution in [-0.2, 0) is 10.2 Å². The molecule has 0 aliphatic heterocycles. The van der Waals surface area contributed by atoms with Gasteiger partial charge in [0.05, 0.1) is 5.69 Å². The molecule has 0 aliphatic carbocycles. The summed E-state index contributed by atoms with van der Waals surface area (Å²) in [5.74, 6) is -0.482. The number of nitrogens with zero attached hydrogens (tertiary/aromatic N) is 1. The molecule has 0 aliphatic rings. The molecule has 0 saturated carbocycles. The number of halogens is 1. The van der Waals surface area contributed by atoms with Gasteiger partial charge < -0.3 is 0 Å². The monoisotopic (exact) mass is 218 g/mol. The third-order valence-electron chi connectivity index (χ3n) is 1.55. The zero-order chi connectivity index (χ0) is 10.8. The zero-order valence-corrected chi connectivity index (χ0v) is 8.68. The predicted octanol–water partition coefficient (Wildman–Crippen LogP) is 1.04. The number of benzene rings is 1. The van der Waals surface area contributed by atoms with E-state index in [9.17, 15) is 12.8 Å². The second kappa shape index (κ2) is 3.93. The van der Waals surface area contributed by atoms with Gasteiger partial charge >= 0.3 is 10.2 Å². The zero-order valence-electron chi connectivity index (χ0n) is 7.86. The molecule has 0 amide bonds. The Morgan fingerprint density at radius 2 is 2.00 bits per heavy atom. The Kier molecular flexibility index (Phi) is 3.07. The number of anilines is 1. The van der Waals surface area contributed by atoms with E-state index in [4.69, 9.17) is 0 Å². The Hall–Kier alpha value is -1.14.